The summed E-state index contributed by atoms with van der Waals surface area (Å²) in [6.07, 6.45) is 15.2. The van der Waals surface area contributed by atoms with E-state index in [1.165, 1.54) is 70.6 Å². The van der Waals surface area contributed by atoms with E-state index < -0.39 is 0 Å². The second kappa shape index (κ2) is 6.41. The Labute approximate surface area is 114 Å². The Hall–Kier alpha value is -0.0400. The monoisotopic (exact) mass is 251 g/mol. The third-order valence-electron chi connectivity index (χ3n) is 5.80. The van der Waals surface area contributed by atoms with Crippen molar-refractivity contribution in [2.45, 2.75) is 90.0 Å². The lowest BCUT2D eigenvalue weighted by Gasteiger charge is -2.41. The van der Waals surface area contributed by atoms with Crippen molar-refractivity contribution in [1.82, 2.24) is 0 Å². The van der Waals surface area contributed by atoms with Crippen molar-refractivity contribution in [2.24, 2.45) is 23.5 Å². The second-order valence-electron chi connectivity index (χ2n) is 7.28. The maximum atomic E-state index is 6.84. The zero-order valence-corrected chi connectivity index (χ0v) is 12.6. The predicted molar refractivity (Wildman–Crippen MR) is 79.5 cm³/mol. The predicted octanol–water partition coefficient (Wildman–Crippen LogP) is 4.89. The van der Waals surface area contributed by atoms with Crippen LogP contribution in [0.1, 0.15) is 84.5 Å². The largest absolute Gasteiger partial charge is 0.325 e. The molecule has 106 valence electrons. The van der Waals surface area contributed by atoms with E-state index in [-0.39, 0.29) is 5.54 Å². The van der Waals surface area contributed by atoms with Crippen LogP contribution in [0.3, 0.4) is 0 Å². The van der Waals surface area contributed by atoms with Gasteiger partial charge in [-0.05, 0) is 49.9 Å². The van der Waals surface area contributed by atoms with E-state index in [4.69, 9.17) is 5.73 Å². The van der Waals surface area contributed by atoms with Crippen LogP contribution in [0.4, 0.5) is 0 Å². The first-order valence-electron chi connectivity index (χ1n) is 8.43. The van der Waals surface area contributed by atoms with E-state index in [0.717, 1.165) is 17.8 Å². The Morgan fingerprint density at radius 3 is 2.39 bits per heavy atom. The smallest absolute Gasteiger partial charge is 0.0183 e. The van der Waals surface area contributed by atoms with Gasteiger partial charge in [0.1, 0.15) is 0 Å². The molecule has 0 saturated heterocycles. The fraction of sp³-hybridized carbons (Fsp3) is 1.00. The molecule has 0 aromatic carbocycles. The van der Waals surface area contributed by atoms with Crippen LogP contribution < -0.4 is 5.73 Å². The summed E-state index contributed by atoms with van der Waals surface area (Å²) in [5.41, 5.74) is 7.03. The highest BCUT2D eigenvalue weighted by molar-refractivity contribution is 4.95. The minimum atomic E-state index is 0.197. The molecule has 2 aliphatic rings. The van der Waals surface area contributed by atoms with Crippen LogP contribution in [0.25, 0.3) is 0 Å². The summed E-state index contributed by atoms with van der Waals surface area (Å²) in [7, 11) is 0. The summed E-state index contributed by atoms with van der Waals surface area (Å²) in [4.78, 5) is 0. The highest BCUT2D eigenvalue weighted by Crippen LogP contribution is 2.42. The summed E-state index contributed by atoms with van der Waals surface area (Å²) in [6.45, 7) is 4.73. The van der Waals surface area contributed by atoms with Gasteiger partial charge in [-0.3, -0.25) is 0 Å². The summed E-state index contributed by atoms with van der Waals surface area (Å²) < 4.78 is 0. The molecule has 0 aromatic rings. The molecule has 0 amide bonds. The second-order valence-corrected chi connectivity index (χ2v) is 7.28. The van der Waals surface area contributed by atoms with Gasteiger partial charge in [0.2, 0.25) is 0 Å². The zero-order chi connectivity index (χ0) is 13.0. The van der Waals surface area contributed by atoms with E-state index in [9.17, 15) is 0 Å². The van der Waals surface area contributed by atoms with Crippen molar-refractivity contribution < 1.29 is 0 Å². The quantitative estimate of drug-likeness (QED) is 0.710. The van der Waals surface area contributed by atoms with Gasteiger partial charge in [0, 0.05) is 5.54 Å². The van der Waals surface area contributed by atoms with Crippen molar-refractivity contribution in [3.8, 4) is 0 Å². The molecule has 0 aromatic heterocycles. The topological polar surface area (TPSA) is 26.0 Å². The molecule has 0 spiro atoms. The molecule has 2 unspecified atom stereocenters. The van der Waals surface area contributed by atoms with Crippen LogP contribution in [0.2, 0.25) is 0 Å². The molecule has 2 rings (SSSR count). The van der Waals surface area contributed by atoms with Gasteiger partial charge in [-0.2, -0.15) is 0 Å². The Morgan fingerprint density at radius 2 is 1.72 bits per heavy atom. The maximum Gasteiger partial charge on any atom is 0.0183 e. The van der Waals surface area contributed by atoms with Crippen molar-refractivity contribution in [3.63, 3.8) is 0 Å². The molecule has 0 radical (unpaired) electrons. The molecule has 0 aliphatic heterocycles. The maximum absolute atomic E-state index is 6.84. The van der Waals surface area contributed by atoms with E-state index in [0.29, 0.717) is 0 Å². The molecular weight excluding hydrogens is 218 g/mol. The molecule has 2 atom stereocenters. The zero-order valence-electron chi connectivity index (χ0n) is 12.6. The summed E-state index contributed by atoms with van der Waals surface area (Å²) in [6, 6.07) is 0. The SMILES string of the molecule is CCCC1CCCC(N)(C2CCC(C)CC2)CC1. The van der Waals surface area contributed by atoms with Crippen molar-refractivity contribution in [2.75, 3.05) is 0 Å². The molecule has 1 heteroatoms. The van der Waals surface area contributed by atoms with Crippen molar-refractivity contribution in [1.29, 1.82) is 0 Å². The normalized spacial score (nSPS) is 42.5. The third kappa shape index (κ3) is 3.50. The van der Waals surface area contributed by atoms with E-state index in [1.54, 1.807) is 0 Å². The number of rotatable bonds is 3. The van der Waals surface area contributed by atoms with E-state index in [2.05, 4.69) is 13.8 Å². The molecule has 18 heavy (non-hydrogen) atoms. The first-order chi connectivity index (χ1) is 8.64. The summed E-state index contributed by atoms with van der Waals surface area (Å²) in [5.74, 6) is 2.75. The average molecular weight is 251 g/mol. The Balaban J connectivity index is 1.90. The Bertz CT molecular complexity index is 242. The first-order valence-corrected chi connectivity index (χ1v) is 8.43. The van der Waals surface area contributed by atoms with Crippen LogP contribution in [0, 0.1) is 17.8 Å². The van der Waals surface area contributed by atoms with Gasteiger partial charge in [0.05, 0.1) is 0 Å². The summed E-state index contributed by atoms with van der Waals surface area (Å²) in [5, 5.41) is 0. The highest BCUT2D eigenvalue weighted by atomic mass is 14.8. The number of hydrogen-bond donors (Lipinski definition) is 1. The minimum Gasteiger partial charge on any atom is -0.325 e. The van der Waals surface area contributed by atoms with Crippen molar-refractivity contribution >= 4 is 0 Å². The van der Waals surface area contributed by atoms with E-state index in [1.807, 2.05) is 0 Å². The van der Waals surface area contributed by atoms with Gasteiger partial charge in [-0.25, -0.2) is 0 Å². The Kier molecular flexibility index (Phi) is 5.12. The average Bonchev–Trinajstić information content (AvgIpc) is 2.54. The molecule has 1 nitrogen and oxygen atoms in total. The molecule has 2 aliphatic carbocycles. The van der Waals surface area contributed by atoms with Gasteiger partial charge >= 0.3 is 0 Å². The van der Waals surface area contributed by atoms with Gasteiger partial charge < -0.3 is 5.73 Å². The van der Waals surface area contributed by atoms with Crippen LogP contribution in [0.5, 0.6) is 0 Å². The summed E-state index contributed by atoms with van der Waals surface area (Å²) >= 11 is 0. The first kappa shape index (κ1) is 14.4. The molecule has 0 bridgehead atoms. The Morgan fingerprint density at radius 1 is 1.00 bits per heavy atom. The molecule has 0 heterocycles. The molecule has 2 saturated carbocycles. The number of nitrogens with two attached hydrogens (primary N) is 1. The van der Waals surface area contributed by atoms with Crippen LogP contribution in [-0.4, -0.2) is 5.54 Å². The van der Waals surface area contributed by atoms with Crippen molar-refractivity contribution in [3.05, 3.63) is 0 Å². The highest BCUT2D eigenvalue weighted by Gasteiger charge is 2.37. The minimum absolute atomic E-state index is 0.197. The molecule has 2 N–H and O–H groups in total. The van der Waals surface area contributed by atoms with Gasteiger partial charge in [0.15, 0.2) is 0 Å². The van der Waals surface area contributed by atoms with Gasteiger partial charge in [-0.1, -0.05) is 52.4 Å². The van der Waals surface area contributed by atoms with Crippen LogP contribution in [0.15, 0.2) is 0 Å². The lowest BCUT2D eigenvalue weighted by atomic mass is 9.69. The van der Waals surface area contributed by atoms with Crippen LogP contribution in [-0.2, 0) is 0 Å². The third-order valence-corrected chi connectivity index (χ3v) is 5.80. The van der Waals surface area contributed by atoms with Gasteiger partial charge in [-0.15, -0.1) is 0 Å². The fourth-order valence-electron chi connectivity index (χ4n) is 4.40. The van der Waals surface area contributed by atoms with E-state index >= 15 is 0 Å². The fourth-order valence-corrected chi connectivity index (χ4v) is 4.40. The lowest BCUT2D eigenvalue weighted by molar-refractivity contribution is 0.159. The van der Waals surface area contributed by atoms with Gasteiger partial charge in [0.25, 0.3) is 0 Å². The lowest BCUT2D eigenvalue weighted by Crippen LogP contribution is -2.48. The molecule has 2 fully saturated rings. The standard InChI is InChI=1S/C17H33N/c1-3-5-15-6-4-12-17(18,13-11-15)16-9-7-14(2)8-10-16/h14-16H,3-13,18H2,1-2H3. The molecular formula is C17H33N. The van der Waals surface area contributed by atoms with Crippen LogP contribution >= 0.6 is 0 Å². The number of hydrogen-bond acceptors (Lipinski definition) is 1.